The molecule has 2 aromatic rings. The van der Waals surface area contributed by atoms with Crippen LogP contribution in [0, 0.1) is 5.92 Å². The van der Waals surface area contributed by atoms with Crippen molar-refractivity contribution in [2.45, 2.75) is 26.4 Å². The van der Waals surface area contributed by atoms with E-state index in [9.17, 15) is 9.59 Å². The van der Waals surface area contributed by atoms with Crippen LogP contribution in [0.3, 0.4) is 0 Å². The molecule has 1 saturated heterocycles. The number of carbonyl (C=O) groups excluding carboxylic acids is 2. The van der Waals surface area contributed by atoms with Crippen LogP contribution in [0.1, 0.15) is 24.7 Å². The number of hydrogen-bond acceptors (Lipinski definition) is 3. The molecule has 1 aromatic carbocycles. The summed E-state index contributed by atoms with van der Waals surface area (Å²) in [5.41, 5.74) is 0.913. The first-order chi connectivity index (χ1) is 12.1. The van der Waals surface area contributed by atoms with Crippen LogP contribution in [0.4, 0.5) is 0 Å². The van der Waals surface area contributed by atoms with E-state index in [4.69, 9.17) is 16.0 Å². The van der Waals surface area contributed by atoms with Gasteiger partial charge in [0.15, 0.2) is 0 Å². The molecule has 2 amide bonds. The van der Waals surface area contributed by atoms with E-state index in [0.717, 1.165) is 11.3 Å². The van der Waals surface area contributed by atoms with Gasteiger partial charge in [0, 0.05) is 31.1 Å². The predicted octanol–water partition coefficient (Wildman–Crippen LogP) is 3.33. The van der Waals surface area contributed by atoms with Gasteiger partial charge in [-0.1, -0.05) is 29.8 Å². The second kappa shape index (κ2) is 7.74. The molecule has 0 saturated carbocycles. The summed E-state index contributed by atoms with van der Waals surface area (Å²) in [6.07, 6.45) is 1.83. The minimum Gasteiger partial charge on any atom is -0.467 e. The fraction of sp³-hybridized carbons (Fsp3) is 0.368. The Morgan fingerprint density at radius 2 is 2.12 bits per heavy atom. The first-order valence-electron chi connectivity index (χ1n) is 8.40. The number of nitrogens with zero attached hydrogens (tertiary/aromatic N) is 2. The van der Waals surface area contributed by atoms with Gasteiger partial charge in [-0.25, -0.2) is 0 Å². The average molecular weight is 361 g/mol. The lowest BCUT2D eigenvalue weighted by molar-refractivity contribution is -0.136. The third-order valence-electron chi connectivity index (χ3n) is 4.50. The molecule has 1 unspecified atom stereocenters. The second-order valence-electron chi connectivity index (χ2n) is 6.20. The maximum atomic E-state index is 12.9. The van der Waals surface area contributed by atoms with Crippen molar-refractivity contribution in [1.29, 1.82) is 0 Å². The van der Waals surface area contributed by atoms with Crippen molar-refractivity contribution in [3.8, 4) is 0 Å². The van der Waals surface area contributed by atoms with Crippen LogP contribution in [0.5, 0.6) is 0 Å². The van der Waals surface area contributed by atoms with Crippen molar-refractivity contribution in [2.24, 2.45) is 5.92 Å². The summed E-state index contributed by atoms with van der Waals surface area (Å²) < 4.78 is 5.30. The Balaban J connectivity index is 1.65. The summed E-state index contributed by atoms with van der Waals surface area (Å²) >= 11 is 6.20. The normalized spacial score (nSPS) is 17.1. The third-order valence-corrected chi connectivity index (χ3v) is 4.87. The Hall–Kier alpha value is -2.27. The number of halogens is 1. The molecule has 1 fully saturated rings. The summed E-state index contributed by atoms with van der Waals surface area (Å²) in [6.45, 7) is 3.81. The fourth-order valence-electron chi connectivity index (χ4n) is 3.12. The van der Waals surface area contributed by atoms with Gasteiger partial charge in [0.1, 0.15) is 5.76 Å². The van der Waals surface area contributed by atoms with Gasteiger partial charge >= 0.3 is 0 Å². The minimum absolute atomic E-state index is 0.00212. The maximum absolute atomic E-state index is 12.9. The molecule has 25 heavy (non-hydrogen) atoms. The van der Waals surface area contributed by atoms with E-state index in [0.29, 0.717) is 31.2 Å². The lowest BCUT2D eigenvalue weighted by Crippen LogP contribution is -2.37. The van der Waals surface area contributed by atoms with Crippen LogP contribution in [0.15, 0.2) is 47.1 Å². The molecule has 1 aliphatic rings. The highest BCUT2D eigenvalue weighted by molar-refractivity contribution is 6.31. The van der Waals surface area contributed by atoms with Crippen LogP contribution in [-0.2, 0) is 22.7 Å². The van der Waals surface area contributed by atoms with E-state index >= 15 is 0 Å². The number of carbonyl (C=O) groups is 2. The number of likely N-dealkylation sites (tertiary alicyclic amines) is 1. The molecular formula is C19H21ClN2O3. The van der Waals surface area contributed by atoms with Gasteiger partial charge in [-0.2, -0.15) is 0 Å². The molecular weight excluding hydrogens is 340 g/mol. The average Bonchev–Trinajstić information content (AvgIpc) is 3.24. The second-order valence-corrected chi connectivity index (χ2v) is 6.61. The summed E-state index contributed by atoms with van der Waals surface area (Å²) in [5.74, 6) is 0.399. The zero-order chi connectivity index (χ0) is 17.8. The van der Waals surface area contributed by atoms with Gasteiger partial charge in [-0.15, -0.1) is 0 Å². The highest BCUT2D eigenvalue weighted by Crippen LogP contribution is 2.24. The van der Waals surface area contributed by atoms with Crippen molar-refractivity contribution in [3.63, 3.8) is 0 Å². The molecule has 1 aliphatic heterocycles. The largest absolute Gasteiger partial charge is 0.467 e. The molecule has 0 spiro atoms. The SMILES string of the molecule is CCN(Cc1ccccc1Cl)C(=O)C1CC(=O)N(Cc2ccco2)C1. The van der Waals surface area contributed by atoms with E-state index in [1.165, 1.54) is 0 Å². The Kier molecular flexibility index (Phi) is 5.43. The molecule has 0 N–H and O–H groups in total. The minimum atomic E-state index is -0.315. The van der Waals surface area contributed by atoms with E-state index < -0.39 is 0 Å². The Morgan fingerprint density at radius 1 is 1.32 bits per heavy atom. The van der Waals surface area contributed by atoms with E-state index in [2.05, 4.69) is 0 Å². The van der Waals surface area contributed by atoms with E-state index in [1.807, 2.05) is 37.3 Å². The molecule has 3 rings (SSSR count). The van der Waals surface area contributed by atoms with Gasteiger partial charge in [-0.3, -0.25) is 9.59 Å². The molecule has 0 radical (unpaired) electrons. The molecule has 0 aliphatic carbocycles. The zero-order valence-corrected chi connectivity index (χ0v) is 14.9. The van der Waals surface area contributed by atoms with Crippen molar-refractivity contribution < 1.29 is 14.0 Å². The molecule has 5 nitrogen and oxygen atoms in total. The van der Waals surface area contributed by atoms with Crippen LogP contribution in [-0.4, -0.2) is 34.7 Å². The number of benzene rings is 1. The van der Waals surface area contributed by atoms with Gasteiger partial charge in [0.2, 0.25) is 11.8 Å². The first-order valence-corrected chi connectivity index (χ1v) is 8.78. The van der Waals surface area contributed by atoms with Crippen molar-refractivity contribution in [1.82, 2.24) is 9.80 Å². The summed E-state index contributed by atoms with van der Waals surface area (Å²) in [7, 11) is 0. The van der Waals surface area contributed by atoms with Gasteiger partial charge in [0.05, 0.1) is 18.7 Å². The standard InChI is InChI=1S/C19H21ClN2O3/c1-2-21(11-14-6-3-4-8-17(14)20)19(24)15-10-18(23)22(12-15)13-16-7-5-9-25-16/h3-9,15H,2,10-13H2,1H3. The molecule has 1 atom stereocenters. The predicted molar refractivity (Wildman–Crippen MR) is 94.8 cm³/mol. The monoisotopic (exact) mass is 360 g/mol. The Morgan fingerprint density at radius 3 is 2.80 bits per heavy atom. The first kappa shape index (κ1) is 17.5. The van der Waals surface area contributed by atoms with Crippen LogP contribution < -0.4 is 0 Å². The van der Waals surface area contributed by atoms with Gasteiger partial charge < -0.3 is 14.2 Å². The topological polar surface area (TPSA) is 53.8 Å². The maximum Gasteiger partial charge on any atom is 0.228 e. The smallest absolute Gasteiger partial charge is 0.228 e. The number of hydrogen-bond donors (Lipinski definition) is 0. The van der Waals surface area contributed by atoms with Gasteiger partial charge in [-0.05, 0) is 30.7 Å². The summed E-state index contributed by atoms with van der Waals surface area (Å²) in [6, 6.07) is 11.1. The number of amides is 2. The lowest BCUT2D eigenvalue weighted by atomic mass is 10.1. The third kappa shape index (κ3) is 4.04. The van der Waals surface area contributed by atoms with Crippen LogP contribution in [0.25, 0.3) is 0 Å². The molecule has 2 heterocycles. The quantitative estimate of drug-likeness (QED) is 0.794. The summed E-state index contributed by atoms with van der Waals surface area (Å²) in [4.78, 5) is 28.5. The Bertz CT molecular complexity index is 745. The fourth-order valence-corrected chi connectivity index (χ4v) is 3.31. The summed E-state index contributed by atoms with van der Waals surface area (Å²) in [5, 5.41) is 0.649. The number of rotatable bonds is 6. The number of furan rings is 1. The highest BCUT2D eigenvalue weighted by atomic mass is 35.5. The lowest BCUT2D eigenvalue weighted by Gasteiger charge is -2.24. The molecule has 132 valence electrons. The van der Waals surface area contributed by atoms with Crippen molar-refractivity contribution in [3.05, 3.63) is 59.0 Å². The van der Waals surface area contributed by atoms with Gasteiger partial charge in [0.25, 0.3) is 0 Å². The Labute approximate surface area is 152 Å². The highest BCUT2D eigenvalue weighted by Gasteiger charge is 2.36. The van der Waals surface area contributed by atoms with Crippen LogP contribution >= 0.6 is 11.6 Å². The van der Waals surface area contributed by atoms with Crippen LogP contribution in [0.2, 0.25) is 5.02 Å². The van der Waals surface area contributed by atoms with E-state index in [1.54, 1.807) is 22.1 Å². The zero-order valence-electron chi connectivity index (χ0n) is 14.2. The molecule has 1 aromatic heterocycles. The molecule has 0 bridgehead atoms. The van der Waals surface area contributed by atoms with E-state index in [-0.39, 0.29) is 24.2 Å². The molecule has 6 heteroatoms. The van der Waals surface area contributed by atoms with Crippen molar-refractivity contribution >= 4 is 23.4 Å². The van der Waals surface area contributed by atoms with Crippen molar-refractivity contribution in [2.75, 3.05) is 13.1 Å².